The zero-order valence-corrected chi connectivity index (χ0v) is 12.1. The van der Waals surface area contributed by atoms with E-state index in [9.17, 15) is 8.42 Å². The molecule has 0 aliphatic heterocycles. The van der Waals surface area contributed by atoms with E-state index in [0.29, 0.717) is 0 Å². The largest absolute Gasteiger partial charge is 0.358 e. The zero-order chi connectivity index (χ0) is 13.6. The third-order valence-corrected chi connectivity index (χ3v) is 3.80. The molecule has 0 saturated carbocycles. The van der Waals surface area contributed by atoms with E-state index in [0.717, 1.165) is 16.6 Å². The maximum atomic E-state index is 11.3. The lowest BCUT2D eigenvalue weighted by Crippen LogP contribution is -2.10. The van der Waals surface area contributed by atoms with E-state index in [4.69, 9.17) is 0 Å². The number of rotatable bonds is 2. The molecule has 1 aromatic carbocycles. The summed E-state index contributed by atoms with van der Waals surface area (Å²) in [4.78, 5) is 3.19. The van der Waals surface area contributed by atoms with Gasteiger partial charge in [-0.2, -0.15) is 0 Å². The van der Waals surface area contributed by atoms with E-state index in [-0.39, 0.29) is 11.2 Å². The molecule has 2 aromatic rings. The van der Waals surface area contributed by atoms with Crippen molar-refractivity contribution in [1.29, 1.82) is 0 Å². The van der Waals surface area contributed by atoms with Crippen LogP contribution in [0.4, 0.5) is 0 Å². The van der Waals surface area contributed by atoms with Crippen molar-refractivity contribution in [3.05, 3.63) is 35.5 Å². The van der Waals surface area contributed by atoms with Crippen LogP contribution in [0.2, 0.25) is 0 Å². The number of sulfone groups is 1. The Kier molecular flexibility index (Phi) is 3.01. The Labute approximate surface area is 108 Å². The zero-order valence-electron chi connectivity index (χ0n) is 11.2. The lowest BCUT2D eigenvalue weighted by molar-refractivity contribution is 0.591. The van der Waals surface area contributed by atoms with Crippen molar-refractivity contribution in [2.75, 3.05) is 6.26 Å². The minimum Gasteiger partial charge on any atom is -0.358 e. The summed E-state index contributed by atoms with van der Waals surface area (Å²) < 4.78 is 22.6. The quantitative estimate of drug-likeness (QED) is 0.907. The van der Waals surface area contributed by atoms with Gasteiger partial charge in [0.05, 0.1) is 5.75 Å². The molecule has 0 saturated heterocycles. The van der Waals surface area contributed by atoms with Crippen LogP contribution in [-0.2, 0) is 21.0 Å². The van der Waals surface area contributed by atoms with Crippen molar-refractivity contribution in [3.63, 3.8) is 0 Å². The van der Waals surface area contributed by atoms with E-state index >= 15 is 0 Å². The molecule has 0 aliphatic rings. The molecule has 18 heavy (non-hydrogen) atoms. The lowest BCUT2D eigenvalue weighted by atomic mass is 9.87. The third-order valence-electron chi connectivity index (χ3n) is 2.96. The summed E-state index contributed by atoms with van der Waals surface area (Å²) in [6.07, 6.45) is 1.25. The van der Waals surface area contributed by atoms with E-state index in [1.807, 2.05) is 12.1 Å². The van der Waals surface area contributed by atoms with Crippen molar-refractivity contribution < 1.29 is 8.42 Å². The summed E-state index contributed by atoms with van der Waals surface area (Å²) in [6.45, 7) is 6.48. The summed E-state index contributed by atoms with van der Waals surface area (Å²) in [5, 5.41) is 1.06. The Balaban J connectivity index is 2.46. The first-order valence-corrected chi connectivity index (χ1v) is 8.01. The summed E-state index contributed by atoms with van der Waals surface area (Å²) in [7, 11) is -2.99. The summed E-state index contributed by atoms with van der Waals surface area (Å²) >= 11 is 0. The van der Waals surface area contributed by atoms with Gasteiger partial charge in [-0.05, 0) is 28.5 Å². The van der Waals surface area contributed by atoms with Crippen LogP contribution in [0.25, 0.3) is 10.9 Å². The van der Waals surface area contributed by atoms with Crippen LogP contribution in [0.15, 0.2) is 24.3 Å². The van der Waals surface area contributed by atoms with Gasteiger partial charge in [-0.3, -0.25) is 0 Å². The normalized spacial score (nSPS) is 13.1. The van der Waals surface area contributed by atoms with Crippen molar-refractivity contribution in [3.8, 4) is 0 Å². The van der Waals surface area contributed by atoms with Gasteiger partial charge in [0.25, 0.3) is 0 Å². The molecule has 0 aliphatic carbocycles. The summed E-state index contributed by atoms with van der Waals surface area (Å²) in [5.41, 5.74) is 3.08. The van der Waals surface area contributed by atoms with Gasteiger partial charge in [-0.15, -0.1) is 0 Å². The van der Waals surface area contributed by atoms with Gasteiger partial charge in [0, 0.05) is 17.5 Å². The fourth-order valence-corrected chi connectivity index (χ4v) is 2.73. The van der Waals surface area contributed by atoms with E-state index in [1.165, 1.54) is 11.8 Å². The van der Waals surface area contributed by atoms with Crippen molar-refractivity contribution in [2.24, 2.45) is 0 Å². The summed E-state index contributed by atoms with van der Waals surface area (Å²) in [6, 6.07) is 8.14. The van der Waals surface area contributed by atoms with Gasteiger partial charge < -0.3 is 4.98 Å². The first kappa shape index (κ1) is 13.1. The van der Waals surface area contributed by atoms with E-state index < -0.39 is 9.84 Å². The molecule has 0 amide bonds. The molecule has 0 bridgehead atoms. The van der Waals surface area contributed by atoms with Gasteiger partial charge in [-0.1, -0.05) is 32.9 Å². The molecule has 0 radical (unpaired) electrons. The first-order chi connectivity index (χ1) is 8.15. The van der Waals surface area contributed by atoms with Crippen LogP contribution in [-0.4, -0.2) is 19.7 Å². The van der Waals surface area contributed by atoms with Crippen LogP contribution in [0, 0.1) is 0 Å². The van der Waals surface area contributed by atoms with Crippen LogP contribution in [0.3, 0.4) is 0 Å². The van der Waals surface area contributed by atoms with Crippen LogP contribution in [0.5, 0.6) is 0 Å². The predicted octanol–water partition coefficient (Wildman–Crippen LogP) is 3.01. The molecule has 0 unspecified atom stereocenters. The number of fused-ring (bicyclic) bond motifs is 1. The van der Waals surface area contributed by atoms with E-state index in [1.54, 1.807) is 0 Å². The average Bonchev–Trinajstić information content (AvgIpc) is 2.53. The van der Waals surface area contributed by atoms with Gasteiger partial charge in [0.2, 0.25) is 0 Å². The lowest BCUT2D eigenvalue weighted by Gasteiger charge is -2.18. The smallest absolute Gasteiger partial charge is 0.153 e. The van der Waals surface area contributed by atoms with Gasteiger partial charge in [0.1, 0.15) is 0 Å². The Morgan fingerprint density at radius 3 is 2.39 bits per heavy atom. The number of H-pyrrole nitrogens is 1. The minimum atomic E-state index is -2.99. The molecule has 1 N–H and O–H groups in total. The molecular weight excluding hydrogens is 246 g/mol. The second-order valence-corrected chi connectivity index (χ2v) is 8.06. The van der Waals surface area contributed by atoms with Crippen LogP contribution < -0.4 is 0 Å². The monoisotopic (exact) mass is 265 g/mol. The second-order valence-electron chi connectivity index (χ2n) is 5.92. The SMILES string of the molecule is CC(C)(C)c1ccc2cc(CS(C)(=O)=O)[nH]c2c1. The van der Waals surface area contributed by atoms with Gasteiger partial charge in [-0.25, -0.2) is 8.42 Å². The topological polar surface area (TPSA) is 49.9 Å². The van der Waals surface area contributed by atoms with Gasteiger partial charge >= 0.3 is 0 Å². The molecule has 98 valence electrons. The first-order valence-electron chi connectivity index (χ1n) is 5.95. The molecule has 0 spiro atoms. The number of nitrogens with one attached hydrogen (secondary N) is 1. The molecular formula is C14H19NO2S. The summed E-state index contributed by atoms with van der Waals surface area (Å²) in [5.74, 6) is 0.0620. The third kappa shape index (κ3) is 2.93. The molecule has 0 atom stereocenters. The number of aromatic nitrogens is 1. The van der Waals surface area contributed by atoms with Crippen molar-refractivity contribution in [1.82, 2.24) is 4.98 Å². The molecule has 0 fully saturated rings. The highest BCUT2D eigenvalue weighted by Crippen LogP contribution is 2.26. The number of hydrogen-bond donors (Lipinski definition) is 1. The standard InChI is InChI=1S/C14H19NO2S/c1-14(2,3)11-6-5-10-7-12(9-18(4,16)17)15-13(10)8-11/h5-8,15H,9H2,1-4H3. The highest BCUT2D eigenvalue weighted by Gasteiger charge is 2.15. The fourth-order valence-electron chi connectivity index (χ4n) is 2.01. The highest BCUT2D eigenvalue weighted by molar-refractivity contribution is 7.89. The molecule has 3 nitrogen and oxygen atoms in total. The van der Waals surface area contributed by atoms with E-state index in [2.05, 4.69) is 37.9 Å². The molecule has 1 heterocycles. The maximum Gasteiger partial charge on any atom is 0.153 e. The van der Waals surface area contributed by atoms with Crippen LogP contribution in [0.1, 0.15) is 32.0 Å². The second kappa shape index (κ2) is 4.12. The molecule has 1 aromatic heterocycles. The predicted molar refractivity (Wildman–Crippen MR) is 75.5 cm³/mol. The Morgan fingerprint density at radius 2 is 1.83 bits per heavy atom. The molecule has 4 heteroatoms. The van der Waals surface area contributed by atoms with Crippen molar-refractivity contribution in [2.45, 2.75) is 31.9 Å². The number of hydrogen-bond acceptors (Lipinski definition) is 2. The highest BCUT2D eigenvalue weighted by atomic mass is 32.2. The van der Waals surface area contributed by atoms with Gasteiger partial charge in [0.15, 0.2) is 9.84 Å². The van der Waals surface area contributed by atoms with Crippen LogP contribution >= 0.6 is 0 Å². The average molecular weight is 265 g/mol. The fraction of sp³-hybridized carbons (Fsp3) is 0.429. The molecule has 2 rings (SSSR count). The Bertz CT molecular complexity index is 675. The number of aromatic amines is 1. The van der Waals surface area contributed by atoms with Crippen molar-refractivity contribution >= 4 is 20.7 Å². The minimum absolute atomic E-state index is 0.0620. The maximum absolute atomic E-state index is 11.3. The number of benzene rings is 1. The Morgan fingerprint density at radius 1 is 1.17 bits per heavy atom. The Hall–Kier alpha value is -1.29.